The topological polar surface area (TPSA) is 26.0 Å². The molecule has 2 N–H and O–H groups in total. The summed E-state index contributed by atoms with van der Waals surface area (Å²) in [7, 11) is 0. The van der Waals surface area contributed by atoms with Crippen LogP contribution in [0.15, 0.2) is 60.7 Å². The molecule has 1 atom stereocenters. The Morgan fingerprint density at radius 3 is 1.79 bits per heavy atom. The molecule has 0 bridgehead atoms. The lowest BCUT2D eigenvalue weighted by molar-refractivity contribution is 0.296. The van der Waals surface area contributed by atoms with E-state index in [1.165, 1.54) is 24.0 Å². The Balaban J connectivity index is 2.16. The molecule has 1 aliphatic rings. The maximum atomic E-state index is 6.58. The molecule has 1 nitrogen and oxygen atoms in total. The molecule has 0 amide bonds. The van der Waals surface area contributed by atoms with Gasteiger partial charge >= 0.3 is 0 Å². The molecule has 3 rings (SSSR count). The van der Waals surface area contributed by atoms with Crippen LogP contribution in [0, 0.1) is 0 Å². The molecule has 1 fully saturated rings. The van der Waals surface area contributed by atoms with E-state index in [0.717, 1.165) is 12.8 Å². The van der Waals surface area contributed by atoms with Gasteiger partial charge in [0, 0.05) is 11.5 Å². The Kier molecular flexibility index (Phi) is 3.39. The second kappa shape index (κ2) is 5.18. The summed E-state index contributed by atoms with van der Waals surface area (Å²) in [5.74, 6) is 0. The highest BCUT2D eigenvalue weighted by molar-refractivity contribution is 5.42. The van der Waals surface area contributed by atoms with Gasteiger partial charge in [-0.15, -0.1) is 0 Å². The summed E-state index contributed by atoms with van der Waals surface area (Å²) < 4.78 is 0. The minimum Gasteiger partial charge on any atom is -0.327 e. The summed E-state index contributed by atoms with van der Waals surface area (Å²) in [5.41, 5.74) is 9.32. The van der Waals surface area contributed by atoms with Crippen molar-refractivity contribution in [1.29, 1.82) is 0 Å². The van der Waals surface area contributed by atoms with Crippen LogP contribution in [0.1, 0.15) is 36.8 Å². The monoisotopic (exact) mass is 251 g/mol. The third-order valence-corrected chi connectivity index (χ3v) is 4.55. The average Bonchev–Trinajstić information content (AvgIpc) is 2.50. The Morgan fingerprint density at radius 1 is 0.789 bits per heavy atom. The molecule has 98 valence electrons. The molecule has 0 aromatic heterocycles. The largest absolute Gasteiger partial charge is 0.327 e. The van der Waals surface area contributed by atoms with Crippen molar-refractivity contribution in [3.05, 3.63) is 71.8 Å². The van der Waals surface area contributed by atoms with Gasteiger partial charge in [0.1, 0.15) is 0 Å². The summed E-state index contributed by atoms with van der Waals surface area (Å²) in [5, 5.41) is 0. The maximum absolute atomic E-state index is 6.58. The molecule has 0 radical (unpaired) electrons. The Morgan fingerprint density at radius 2 is 1.32 bits per heavy atom. The Labute approximate surface area is 115 Å². The van der Waals surface area contributed by atoms with Crippen molar-refractivity contribution in [1.82, 2.24) is 0 Å². The van der Waals surface area contributed by atoms with E-state index in [4.69, 9.17) is 5.73 Å². The average molecular weight is 251 g/mol. The highest BCUT2D eigenvalue weighted by Crippen LogP contribution is 2.43. The zero-order valence-corrected chi connectivity index (χ0v) is 11.3. The summed E-state index contributed by atoms with van der Waals surface area (Å²) in [4.78, 5) is 0. The summed E-state index contributed by atoms with van der Waals surface area (Å²) in [6.07, 6.45) is 4.78. The predicted octanol–water partition coefficient (Wildman–Crippen LogP) is 3.87. The van der Waals surface area contributed by atoms with E-state index in [2.05, 4.69) is 60.7 Å². The molecule has 1 aliphatic carbocycles. The van der Waals surface area contributed by atoms with Crippen LogP contribution in [0.25, 0.3) is 0 Å². The van der Waals surface area contributed by atoms with Crippen molar-refractivity contribution in [3.8, 4) is 0 Å². The van der Waals surface area contributed by atoms with Crippen LogP contribution in [-0.4, -0.2) is 6.04 Å². The number of hydrogen-bond donors (Lipinski definition) is 1. The fraction of sp³-hybridized carbons (Fsp3) is 0.333. The lowest BCUT2D eigenvalue weighted by Crippen LogP contribution is -2.48. The third kappa shape index (κ3) is 2.08. The van der Waals surface area contributed by atoms with Crippen LogP contribution in [0.4, 0.5) is 0 Å². The van der Waals surface area contributed by atoms with E-state index in [9.17, 15) is 0 Å². The van der Waals surface area contributed by atoms with Crippen molar-refractivity contribution in [2.24, 2.45) is 5.73 Å². The van der Waals surface area contributed by atoms with Gasteiger partial charge in [0.2, 0.25) is 0 Å². The normalized spacial score (nSPS) is 22.1. The van der Waals surface area contributed by atoms with Crippen molar-refractivity contribution in [2.45, 2.75) is 37.1 Å². The first kappa shape index (κ1) is 12.4. The van der Waals surface area contributed by atoms with Crippen LogP contribution in [0.5, 0.6) is 0 Å². The lowest BCUT2D eigenvalue weighted by Gasteiger charge is -2.43. The minimum atomic E-state index is 0.000764. The number of hydrogen-bond acceptors (Lipinski definition) is 1. The Bertz CT molecular complexity index is 478. The molecule has 0 aliphatic heterocycles. The molecule has 0 spiro atoms. The van der Waals surface area contributed by atoms with E-state index >= 15 is 0 Å². The molecule has 1 unspecified atom stereocenters. The number of nitrogens with two attached hydrogens (primary N) is 1. The van der Waals surface area contributed by atoms with E-state index in [0.29, 0.717) is 0 Å². The first-order valence-electron chi connectivity index (χ1n) is 7.21. The van der Waals surface area contributed by atoms with Crippen LogP contribution < -0.4 is 5.73 Å². The molecular formula is C18H21N. The molecule has 0 saturated heterocycles. The first-order chi connectivity index (χ1) is 9.34. The van der Waals surface area contributed by atoms with Crippen molar-refractivity contribution in [2.75, 3.05) is 0 Å². The third-order valence-electron chi connectivity index (χ3n) is 4.55. The summed E-state index contributed by atoms with van der Waals surface area (Å²) in [6, 6.07) is 21.8. The van der Waals surface area contributed by atoms with Gasteiger partial charge in [-0.25, -0.2) is 0 Å². The van der Waals surface area contributed by atoms with Crippen LogP contribution in [-0.2, 0) is 5.41 Å². The Hall–Kier alpha value is -1.60. The molecule has 19 heavy (non-hydrogen) atoms. The van der Waals surface area contributed by atoms with E-state index in [1.54, 1.807) is 0 Å². The van der Waals surface area contributed by atoms with Crippen LogP contribution in [0.2, 0.25) is 0 Å². The SMILES string of the molecule is NC1CCCCC1(c1ccccc1)c1ccccc1. The van der Waals surface area contributed by atoms with Gasteiger partial charge in [-0.2, -0.15) is 0 Å². The van der Waals surface area contributed by atoms with Crippen molar-refractivity contribution in [3.63, 3.8) is 0 Å². The van der Waals surface area contributed by atoms with Gasteiger partial charge < -0.3 is 5.73 Å². The predicted molar refractivity (Wildman–Crippen MR) is 80.1 cm³/mol. The number of rotatable bonds is 2. The zero-order valence-electron chi connectivity index (χ0n) is 11.3. The summed E-state index contributed by atoms with van der Waals surface area (Å²) >= 11 is 0. The van der Waals surface area contributed by atoms with Gasteiger partial charge in [-0.3, -0.25) is 0 Å². The fourth-order valence-electron chi connectivity index (χ4n) is 3.55. The smallest absolute Gasteiger partial charge is 0.0353 e. The second-order valence-corrected chi connectivity index (χ2v) is 5.56. The standard InChI is InChI=1S/C18H21N/c19-17-13-7-8-14-18(17,15-9-3-1-4-10-15)16-11-5-2-6-12-16/h1-6,9-12,17H,7-8,13-14,19H2. The van der Waals surface area contributed by atoms with Crippen molar-refractivity contribution < 1.29 is 0 Å². The van der Waals surface area contributed by atoms with Crippen LogP contribution in [0.3, 0.4) is 0 Å². The van der Waals surface area contributed by atoms with Crippen LogP contribution >= 0.6 is 0 Å². The van der Waals surface area contributed by atoms with Gasteiger partial charge in [0.25, 0.3) is 0 Å². The molecular weight excluding hydrogens is 230 g/mol. The first-order valence-corrected chi connectivity index (χ1v) is 7.21. The highest BCUT2D eigenvalue weighted by Gasteiger charge is 2.41. The van der Waals surface area contributed by atoms with E-state index in [1.807, 2.05) is 0 Å². The van der Waals surface area contributed by atoms with Crippen molar-refractivity contribution >= 4 is 0 Å². The molecule has 2 aromatic carbocycles. The van der Waals surface area contributed by atoms with Gasteiger partial charge in [-0.1, -0.05) is 73.5 Å². The fourth-order valence-corrected chi connectivity index (χ4v) is 3.55. The number of benzene rings is 2. The molecule has 2 aromatic rings. The van der Waals surface area contributed by atoms with E-state index in [-0.39, 0.29) is 11.5 Å². The van der Waals surface area contributed by atoms with E-state index < -0.39 is 0 Å². The minimum absolute atomic E-state index is 0.000764. The second-order valence-electron chi connectivity index (χ2n) is 5.56. The lowest BCUT2D eigenvalue weighted by atomic mass is 9.62. The summed E-state index contributed by atoms with van der Waals surface area (Å²) in [6.45, 7) is 0. The van der Waals surface area contributed by atoms with Gasteiger partial charge in [-0.05, 0) is 24.0 Å². The molecule has 1 heteroatoms. The zero-order chi connectivity index (χ0) is 13.1. The molecule has 1 saturated carbocycles. The highest BCUT2D eigenvalue weighted by atomic mass is 14.7. The van der Waals surface area contributed by atoms with Gasteiger partial charge in [0.15, 0.2) is 0 Å². The maximum Gasteiger partial charge on any atom is 0.0353 e. The van der Waals surface area contributed by atoms with Gasteiger partial charge in [0.05, 0.1) is 0 Å². The molecule has 0 heterocycles. The quantitative estimate of drug-likeness (QED) is 0.861.